The third kappa shape index (κ3) is 3.67. The highest BCUT2D eigenvalue weighted by Crippen LogP contribution is 2.32. The molecule has 1 aromatic rings. The molecule has 0 radical (unpaired) electrons. The van der Waals surface area contributed by atoms with Crippen LogP contribution in [0, 0.1) is 0 Å². The van der Waals surface area contributed by atoms with Crippen molar-refractivity contribution in [3.63, 3.8) is 0 Å². The zero-order chi connectivity index (χ0) is 14.7. The molecule has 0 aromatic carbocycles. The summed E-state index contributed by atoms with van der Waals surface area (Å²) in [7, 11) is 0. The molecule has 1 saturated heterocycles. The van der Waals surface area contributed by atoms with Gasteiger partial charge in [-0.15, -0.1) is 11.3 Å². The van der Waals surface area contributed by atoms with Gasteiger partial charge in [0.1, 0.15) is 0 Å². The van der Waals surface area contributed by atoms with Gasteiger partial charge in [-0.2, -0.15) is 0 Å². The maximum atomic E-state index is 11.8. The fourth-order valence-electron chi connectivity index (χ4n) is 1.86. The molecular formula is C12H12Br2N2O3S. The fraction of sp³-hybridized carbons (Fsp3) is 0.417. The number of nitrogens with one attached hydrogen (secondary N) is 1. The van der Waals surface area contributed by atoms with Crippen molar-refractivity contribution < 1.29 is 14.4 Å². The molecule has 3 amide bonds. The van der Waals surface area contributed by atoms with Gasteiger partial charge in [0.25, 0.3) is 5.91 Å². The second kappa shape index (κ2) is 6.82. The van der Waals surface area contributed by atoms with Crippen molar-refractivity contribution in [1.29, 1.82) is 0 Å². The lowest BCUT2D eigenvalue weighted by molar-refractivity contribution is -0.138. The van der Waals surface area contributed by atoms with Crippen LogP contribution in [0.25, 0.3) is 0 Å². The monoisotopic (exact) mass is 422 g/mol. The molecule has 0 saturated carbocycles. The molecule has 1 fully saturated rings. The van der Waals surface area contributed by atoms with Gasteiger partial charge in [0.05, 0.1) is 8.66 Å². The van der Waals surface area contributed by atoms with Crippen LogP contribution in [0.1, 0.15) is 28.9 Å². The molecule has 108 valence electrons. The fourth-order valence-corrected chi connectivity index (χ4v) is 3.81. The Kier molecular flexibility index (Phi) is 5.34. The minimum Gasteiger partial charge on any atom is -0.351 e. The van der Waals surface area contributed by atoms with Crippen molar-refractivity contribution >= 4 is 60.9 Å². The first-order chi connectivity index (χ1) is 9.49. The number of hydrogen-bond acceptors (Lipinski definition) is 4. The van der Waals surface area contributed by atoms with Crippen molar-refractivity contribution in [3.05, 3.63) is 19.2 Å². The molecule has 2 heterocycles. The Morgan fingerprint density at radius 2 is 1.95 bits per heavy atom. The van der Waals surface area contributed by atoms with Crippen molar-refractivity contribution in [1.82, 2.24) is 10.2 Å². The Bertz CT molecular complexity index is 523. The molecular weight excluding hydrogens is 412 g/mol. The first kappa shape index (κ1) is 15.7. The van der Waals surface area contributed by atoms with E-state index in [1.165, 1.54) is 16.2 Å². The Morgan fingerprint density at radius 3 is 2.50 bits per heavy atom. The molecule has 0 bridgehead atoms. The van der Waals surface area contributed by atoms with Gasteiger partial charge in [0.15, 0.2) is 0 Å². The van der Waals surface area contributed by atoms with Crippen LogP contribution >= 0.6 is 43.2 Å². The quantitative estimate of drug-likeness (QED) is 0.584. The topological polar surface area (TPSA) is 66.5 Å². The van der Waals surface area contributed by atoms with Gasteiger partial charge in [-0.05, 0) is 44.3 Å². The third-order valence-corrected chi connectivity index (χ3v) is 6.12. The third-order valence-electron chi connectivity index (χ3n) is 2.87. The average molecular weight is 424 g/mol. The summed E-state index contributed by atoms with van der Waals surface area (Å²) in [5, 5.41) is 2.77. The normalized spacial score (nSPS) is 15.0. The van der Waals surface area contributed by atoms with E-state index in [1.54, 1.807) is 6.07 Å². The number of nitrogens with zero attached hydrogens (tertiary/aromatic N) is 1. The number of carbonyl (C=O) groups is 3. The highest BCUT2D eigenvalue weighted by atomic mass is 79.9. The Hall–Kier alpha value is -0.730. The van der Waals surface area contributed by atoms with Crippen LogP contribution in [0.4, 0.5) is 0 Å². The summed E-state index contributed by atoms with van der Waals surface area (Å²) >= 11 is 8.01. The van der Waals surface area contributed by atoms with E-state index >= 15 is 0 Å². The summed E-state index contributed by atoms with van der Waals surface area (Å²) in [6.07, 6.45) is 1.18. The summed E-state index contributed by atoms with van der Waals surface area (Å²) in [5.41, 5.74) is 0. The molecule has 1 aromatic heterocycles. The number of imide groups is 1. The standard InChI is InChI=1S/C12H12Br2N2O3S/c13-7-6-8(20-11(7)14)12(19)15-4-1-5-16-9(17)2-3-10(16)18/h6H,1-5H2,(H,15,19). The van der Waals surface area contributed by atoms with E-state index in [9.17, 15) is 14.4 Å². The Labute approximate surface area is 137 Å². The van der Waals surface area contributed by atoms with E-state index in [0.717, 1.165) is 8.26 Å². The van der Waals surface area contributed by atoms with Crippen LogP contribution in [0.3, 0.4) is 0 Å². The number of hydrogen-bond donors (Lipinski definition) is 1. The lowest BCUT2D eigenvalue weighted by Gasteiger charge is -2.13. The van der Waals surface area contributed by atoms with Gasteiger partial charge in [-0.1, -0.05) is 0 Å². The maximum Gasteiger partial charge on any atom is 0.261 e. The molecule has 0 unspecified atom stereocenters. The number of amides is 3. The van der Waals surface area contributed by atoms with Gasteiger partial charge >= 0.3 is 0 Å². The molecule has 0 aliphatic carbocycles. The van der Waals surface area contributed by atoms with E-state index in [4.69, 9.17) is 0 Å². The highest BCUT2D eigenvalue weighted by Gasteiger charge is 2.27. The van der Waals surface area contributed by atoms with Crippen molar-refractivity contribution in [2.75, 3.05) is 13.1 Å². The molecule has 1 N–H and O–H groups in total. The molecule has 1 aliphatic heterocycles. The second-order valence-electron chi connectivity index (χ2n) is 4.28. The van der Waals surface area contributed by atoms with Crippen LogP contribution in [0.5, 0.6) is 0 Å². The first-order valence-corrected chi connectivity index (χ1v) is 8.45. The summed E-state index contributed by atoms with van der Waals surface area (Å²) < 4.78 is 1.72. The number of carbonyl (C=O) groups excluding carboxylic acids is 3. The molecule has 2 rings (SSSR count). The van der Waals surface area contributed by atoms with Crippen LogP contribution in [-0.2, 0) is 9.59 Å². The predicted octanol–water partition coefficient (Wildman–Crippen LogP) is 2.54. The minimum absolute atomic E-state index is 0.118. The predicted molar refractivity (Wildman–Crippen MR) is 82.6 cm³/mol. The van der Waals surface area contributed by atoms with Crippen LogP contribution in [0.2, 0.25) is 0 Å². The zero-order valence-corrected chi connectivity index (χ0v) is 14.4. The van der Waals surface area contributed by atoms with Crippen LogP contribution in [-0.4, -0.2) is 35.7 Å². The van der Waals surface area contributed by atoms with Crippen LogP contribution < -0.4 is 5.32 Å². The largest absolute Gasteiger partial charge is 0.351 e. The summed E-state index contributed by atoms with van der Waals surface area (Å²) in [5.74, 6) is -0.389. The van der Waals surface area contributed by atoms with E-state index in [0.29, 0.717) is 37.2 Å². The lowest BCUT2D eigenvalue weighted by Crippen LogP contribution is -2.33. The Morgan fingerprint density at radius 1 is 1.30 bits per heavy atom. The molecule has 5 nitrogen and oxygen atoms in total. The first-order valence-electron chi connectivity index (χ1n) is 6.05. The van der Waals surface area contributed by atoms with E-state index in [1.807, 2.05) is 0 Å². The zero-order valence-electron chi connectivity index (χ0n) is 10.4. The molecule has 0 spiro atoms. The van der Waals surface area contributed by atoms with Gasteiger partial charge in [-0.25, -0.2) is 0 Å². The SMILES string of the molecule is O=C(NCCCN1C(=O)CCC1=O)c1cc(Br)c(Br)s1. The minimum atomic E-state index is -0.152. The smallest absolute Gasteiger partial charge is 0.261 e. The van der Waals surface area contributed by atoms with E-state index in [-0.39, 0.29) is 17.7 Å². The number of rotatable bonds is 5. The highest BCUT2D eigenvalue weighted by molar-refractivity contribution is 9.13. The number of halogens is 2. The van der Waals surface area contributed by atoms with Gasteiger partial charge in [0, 0.05) is 30.4 Å². The van der Waals surface area contributed by atoms with Gasteiger partial charge in [-0.3, -0.25) is 19.3 Å². The van der Waals surface area contributed by atoms with Crippen molar-refractivity contribution in [3.8, 4) is 0 Å². The van der Waals surface area contributed by atoms with Gasteiger partial charge in [0.2, 0.25) is 11.8 Å². The van der Waals surface area contributed by atoms with Gasteiger partial charge < -0.3 is 5.32 Å². The lowest BCUT2D eigenvalue weighted by atomic mass is 10.3. The average Bonchev–Trinajstić information content (AvgIpc) is 2.90. The van der Waals surface area contributed by atoms with Crippen molar-refractivity contribution in [2.24, 2.45) is 0 Å². The second-order valence-corrected chi connectivity index (χ2v) is 7.51. The van der Waals surface area contributed by atoms with E-state index in [2.05, 4.69) is 37.2 Å². The summed E-state index contributed by atoms with van der Waals surface area (Å²) in [6, 6.07) is 1.75. The van der Waals surface area contributed by atoms with Crippen LogP contribution in [0.15, 0.2) is 14.3 Å². The Balaban J connectivity index is 1.74. The molecule has 1 aliphatic rings. The van der Waals surface area contributed by atoms with E-state index < -0.39 is 0 Å². The number of likely N-dealkylation sites (tertiary alicyclic amines) is 1. The summed E-state index contributed by atoms with van der Waals surface area (Å²) in [6.45, 7) is 0.804. The maximum absolute atomic E-state index is 11.8. The molecule has 20 heavy (non-hydrogen) atoms. The molecule has 0 atom stereocenters. The van der Waals surface area contributed by atoms with Crippen molar-refractivity contribution in [2.45, 2.75) is 19.3 Å². The summed E-state index contributed by atoms with van der Waals surface area (Å²) in [4.78, 5) is 36.5. The number of thiophene rings is 1. The molecule has 8 heteroatoms.